The van der Waals surface area contributed by atoms with Crippen molar-refractivity contribution in [2.45, 2.75) is 96.0 Å². The first-order valence-electron chi connectivity index (χ1n) is 15.3. The Labute approximate surface area is 250 Å². The van der Waals surface area contributed by atoms with E-state index in [1.165, 1.54) is 45.6 Å². The van der Waals surface area contributed by atoms with Crippen molar-refractivity contribution < 1.29 is 23.8 Å². The topological polar surface area (TPSA) is 73.9 Å². The van der Waals surface area contributed by atoms with Crippen LogP contribution >= 0.6 is 11.8 Å². The number of ether oxygens (including phenoxy) is 3. The largest absolute Gasteiger partial charge is 0.467 e. The van der Waals surface area contributed by atoms with E-state index in [2.05, 4.69) is 11.4 Å². The number of aryl methyl sites for hydroxylation is 1. The van der Waals surface area contributed by atoms with Crippen LogP contribution in [0.2, 0.25) is 0 Å². The van der Waals surface area contributed by atoms with Crippen molar-refractivity contribution in [2.24, 2.45) is 5.92 Å². The van der Waals surface area contributed by atoms with Gasteiger partial charge in [-0.15, -0.1) is 0 Å². The highest BCUT2D eigenvalue weighted by Crippen LogP contribution is 2.31. The van der Waals surface area contributed by atoms with Gasteiger partial charge in [0.05, 0.1) is 32.5 Å². The molecule has 0 spiro atoms. The molecule has 224 valence electrons. The molecular formula is C34H47NO5S. The number of hydrogen-bond acceptors (Lipinski definition) is 6. The minimum atomic E-state index is -0.691. The van der Waals surface area contributed by atoms with Crippen LogP contribution in [0.4, 0.5) is 0 Å². The number of benzene rings is 2. The van der Waals surface area contributed by atoms with Crippen LogP contribution in [0.3, 0.4) is 0 Å². The number of methoxy groups -OCH3 is 1. The third kappa shape index (κ3) is 9.32. The number of esters is 1. The van der Waals surface area contributed by atoms with E-state index < -0.39 is 12.0 Å². The minimum Gasteiger partial charge on any atom is -0.467 e. The van der Waals surface area contributed by atoms with Crippen LogP contribution in [0.25, 0.3) is 11.1 Å². The molecule has 2 atom stereocenters. The van der Waals surface area contributed by atoms with Gasteiger partial charge in [-0.25, -0.2) is 4.79 Å². The molecule has 0 heterocycles. The number of carbonyl (C=O) groups is 2. The molecule has 2 aliphatic rings. The molecule has 1 N–H and O–H groups in total. The van der Waals surface area contributed by atoms with Gasteiger partial charge in [-0.05, 0) is 91.3 Å². The first-order chi connectivity index (χ1) is 20.0. The van der Waals surface area contributed by atoms with Crippen LogP contribution in [0.1, 0.15) is 85.7 Å². The maximum atomic E-state index is 13.6. The van der Waals surface area contributed by atoms with Gasteiger partial charge < -0.3 is 19.5 Å². The van der Waals surface area contributed by atoms with Crippen molar-refractivity contribution >= 4 is 23.6 Å². The van der Waals surface area contributed by atoms with Gasteiger partial charge in [0.25, 0.3) is 5.91 Å². The number of amides is 1. The average Bonchev–Trinajstić information content (AvgIpc) is 2.97. The van der Waals surface area contributed by atoms with E-state index in [-0.39, 0.29) is 12.0 Å². The summed E-state index contributed by atoms with van der Waals surface area (Å²) in [5, 5.41) is 2.93. The fraction of sp³-hybridized carbons (Fsp3) is 0.588. The van der Waals surface area contributed by atoms with Gasteiger partial charge in [0, 0.05) is 5.56 Å². The summed E-state index contributed by atoms with van der Waals surface area (Å²) in [6, 6.07) is 13.3. The minimum absolute atomic E-state index is 0.0702. The summed E-state index contributed by atoms with van der Waals surface area (Å²) in [6.07, 6.45) is 14.1. The van der Waals surface area contributed by atoms with Gasteiger partial charge >= 0.3 is 5.97 Å². The maximum absolute atomic E-state index is 13.6. The highest BCUT2D eigenvalue weighted by molar-refractivity contribution is 7.98. The van der Waals surface area contributed by atoms with Crippen molar-refractivity contribution in [3.63, 3.8) is 0 Å². The normalized spacial score (nSPS) is 17.4. The Morgan fingerprint density at radius 2 is 1.78 bits per heavy atom. The number of carbonyl (C=O) groups excluding carboxylic acids is 2. The van der Waals surface area contributed by atoms with Gasteiger partial charge in [-0.2, -0.15) is 11.8 Å². The van der Waals surface area contributed by atoms with E-state index in [9.17, 15) is 9.59 Å². The lowest BCUT2D eigenvalue weighted by atomic mass is 9.85. The zero-order valence-corrected chi connectivity index (χ0v) is 25.8. The molecule has 0 radical (unpaired) electrons. The molecule has 2 aliphatic carbocycles. The molecule has 41 heavy (non-hydrogen) atoms. The molecule has 7 heteroatoms. The van der Waals surface area contributed by atoms with Gasteiger partial charge in [-0.3, -0.25) is 4.79 Å². The molecule has 2 aromatic carbocycles. The van der Waals surface area contributed by atoms with E-state index in [0.29, 0.717) is 37.2 Å². The Morgan fingerprint density at radius 1 is 1.00 bits per heavy atom. The maximum Gasteiger partial charge on any atom is 0.328 e. The molecule has 1 amide bonds. The molecule has 2 fully saturated rings. The molecule has 1 unspecified atom stereocenters. The van der Waals surface area contributed by atoms with Crippen LogP contribution in [0, 0.1) is 12.8 Å². The van der Waals surface area contributed by atoms with E-state index in [4.69, 9.17) is 14.2 Å². The number of hydrogen-bond donors (Lipinski definition) is 1. The summed E-state index contributed by atoms with van der Waals surface area (Å²) in [5.41, 5.74) is 4.46. The first kappa shape index (κ1) is 31.6. The summed E-state index contributed by atoms with van der Waals surface area (Å²) >= 11 is 1.63. The molecule has 2 aromatic rings. The third-order valence-corrected chi connectivity index (χ3v) is 9.19. The molecule has 0 aromatic heterocycles. The van der Waals surface area contributed by atoms with Crippen molar-refractivity contribution in [2.75, 3.05) is 25.7 Å². The molecule has 6 nitrogen and oxygen atoms in total. The second-order valence-electron chi connectivity index (χ2n) is 11.6. The Bertz CT molecular complexity index is 1130. The summed E-state index contributed by atoms with van der Waals surface area (Å²) in [6.45, 7) is 3.16. The lowest BCUT2D eigenvalue weighted by Crippen LogP contribution is -2.42. The Kier molecular flexibility index (Phi) is 12.6. The molecule has 2 saturated carbocycles. The standard InChI is InChI=1S/C34H47NO5S/c1-24-10-7-8-15-29(24)31-21-26(16-17-30(31)33(36)35-32(18-19-41-3)34(37)38-2)22-39-28(23-40-27-13-9-14-27)20-25-11-5-4-6-12-25/h7-8,10,15-17,21,25,27-28,32H,4-6,9,11-14,18-20,22-23H2,1-3H3,(H,35,36)/t28-,32?/m0/s1. The Hall–Kier alpha value is -2.35. The van der Waals surface area contributed by atoms with E-state index in [1.807, 2.05) is 49.6 Å². The molecule has 0 aliphatic heterocycles. The zero-order chi connectivity index (χ0) is 29.0. The number of thioether (sulfide) groups is 1. The van der Waals surface area contributed by atoms with Crippen LogP contribution in [0.15, 0.2) is 42.5 Å². The molecule has 0 bridgehead atoms. The highest BCUT2D eigenvalue weighted by atomic mass is 32.2. The van der Waals surface area contributed by atoms with Crippen molar-refractivity contribution in [1.29, 1.82) is 0 Å². The summed E-state index contributed by atoms with van der Waals surface area (Å²) in [4.78, 5) is 25.9. The predicted molar refractivity (Wildman–Crippen MR) is 166 cm³/mol. The van der Waals surface area contributed by atoms with Gasteiger partial charge in [0.15, 0.2) is 0 Å². The van der Waals surface area contributed by atoms with Crippen LogP contribution < -0.4 is 5.32 Å². The Balaban J connectivity index is 1.52. The van der Waals surface area contributed by atoms with Crippen molar-refractivity contribution in [3.05, 3.63) is 59.2 Å². The van der Waals surface area contributed by atoms with Crippen LogP contribution in [0.5, 0.6) is 0 Å². The average molecular weight is 582 g/mol. The van der Waals surface area contributed by atoms with Crippen molar-refractivity contribution in [1.82, 2.24) is 5.32 Å². The second kappa shape index (κ2) is 16.3. The fourth-order valence-corrected chi connectivity index (χ4v) is 6.29. The Morgan fingerprint density at radius 3 is 2.46 bits per heavy atom. The lowest BCUT2D eigenvalue weighted by molar-refractivity contribution is -0.142. The summed E-state index contributed by atoms with van der Waals surface area (Å²) < 4.78 is 17.7. The van der Waals surface area contributed by atoms with Crippen LogP contribution in [-0.2, 0) is 25.6 Å². The monoisotopic (exact) mass is 581 g/mol. The fourth-order valence-electron chi connectivity index (χ4n) is 5.81. The number of rotatable bonds is 15. The molecular weight excluding hydrogens is 534 g/mol. The van der Waals surface area contributed by atoms with E-state index in [0.717, 1.165) is 47.3 Å². The van der Waals surface area contributed by atoms with E-state index in [1.54, 1.807) is 11.8 Å². The third-order valence-electron chi connectivity index (χ3n) is 8.54. The summed E-state index contributed by atoms with van der Waals surface area (Å²) in [7, 11) is 1.35. The van der Waals surface area contributed by atoms with E-state index >= 15 is 0 Å². The lowest BCUT2D eigenvalue weighted by Gasteiger charge is -2.30. The quantitative estimate of drug-likeness (QED) is 0.226. The molecule has 0 saturated heterocycles. The second-order valence-corrected chi connectivity index (χ2v) is 12.6. The van der Waals surface area contributed by atoms with Gasteiger partial charge in [0.1, 0.15) is 6.04 Å². The molecule has 4 rings (SSSR count). The highest BCUT2D eigenvalue weighted by Gasteiger charge is 2.26. The summed E-state index contributed by atoms with van der Waals surface area (Å²) in [5.74, 6) is 0.744. The first-order valence-corrected chi connectivity index (χ1v) is 16.7. The SMILES string of the molecule is COC(=O)C(CCSC)NC(=O)c1ccc(CO[C@H](COC2CCC2)CC2CCCCC2)cc1-c1ccccc1C. The number of nitrogens with one attached hydrogen (secondary N) is 1. The van der Waals surface area contributed by atoms with Gasteiger partial charge in [0.2, 0.25) is 0 Å². The smallest absolute Gasteiger partial charge is 0.328 e. The predicted octanol–water partition coefficient (Wildman–Crippen LogP) is 7.11. The van der Waals surface area contributed by atoms with Crippen LogP contribution in [-0.4, -0.2) is 55.9 Å². The van der Waals surface area contributed by atoms with Gasteiger partial charge in [-0.1, -0.05) is 62.4 Å². The zero-order valence-electron chi connectivity index (χ0n) is 25.0. The van der Waals surface area contributed by atoms with Crippen molar-refractivity contribution in [3.8, 4) is 11.1 Å².